The summed E-state index contributed by atoms with van der Waals surface area (Å²) in [7, 11) is 0. The van der Waals surface area contributed by atoms with Crippen molar-refractivity contribution in [2.75, 3.05) is 32.8 Å². The lowest BCUT2D eigenvalue weighted by molar-refractivity contribution is -0.159. The molecule has 0 radical (unpaired) electrons. The van der Waals surface area contributed by atoms with Crippen molar-refractivity contribution in [2.24, 2.45) is 5.41 Å². The van der Waals surface area contributed by atoms with Crippen molar-refractivity contribution in [3.8, 4) is 0 Å². The minimum atomic E-state index is -4.45. The molecule has 4 nitrogen and oxygen atoms in total. The summed E-state index contributed by atoms with van der Waals surface area (Å²) < 4.78 is 45.0. The normalized spacial score (nSPS) is 18.1. The summed E-state index contributed by atoms with van der Waals surface area (Å²) in [5.41, 5.74) is -1.53. The molecule has 0 amide bonds. The predicted molar refractivity (Wildman–Crippen MR) is 87.0 cm³/mol. The number of nitrogens with zero attached hydrogens (tertiary/aromatic N) is 1. The molecule has 1 aliphatic heterocycles. The second kappa shape index (κ2) is 8.19. The number of hydrogen-bond acceptors (Lipinski definition) is 4. The fourth-order valence-corrected chi connectivity index (χ4v) is 3.40. The van der Waals surface area contributed by atoms with Gasteiger partial charge in [-0.15, -0.1) is 0 Å². The first-order valence-corrected chi connectivity index (χ1v) is 8.48. The molecule has 25 heavy (non-hydrogen) atoms. The van der Waals surface area contributed by atoms with Gasteiger partial charge in [0.25, 0.3) is 0 Å². The number of ether oxygens (including phenoxy) is 1. The van der Waals surface area contributed by atoms with Crippen LogP contribution in [0.25, 0.3) is 0 Å². The summed E-state index contributed by atoms with van der Waals surface area (Å²) in [4.78, 5) is 14.6. The van der Waals surface area contributed by atoms with Crippen LogP contribution in [-0.4, -0.2) is 48.8 Å². The first-order chi connectivity index (χ1) is 11.8. The maximum atomic E-state index is 13.3. The Kier molecular flexibility index (Phi) is 6.46. The lowest BCUT2D eigenvalue weighted by Gasteiger charge is -2.40. The van der Waals surface area contributed by atoms with Gasteiger partial charge in [0.05, 0.1) is 24.2 Å². The van der Waals surface area contributed by atoms with Gasteiger partial charge in [-0.1, -0.05) is 18.2 Å². The van der Waals surface area contributed by atoms with E-state index in [1.54, 1.807) is 13.0 Å². The van der Waals surface area contributed by atoms with Gasteiger partial charge in [-0.25, -0.2) is 0 Å². The number of piperidine rings is 1. The van der Waals surface area contributed by atoms with Crippen molar-refractivity contribution in [2.45, 2.75) is 32.4 Å². The van der Waals surface area contributed by atoms with Crippen molar-refractivity contribution in [1.29, 1.82) is 0 Å². The Morgan fingerprint density at radius 1 is 1.28 bits per heavy atom. The molecule has 1 aromatic carbocycles. The SMILES string of the molecule is CCOC(=O)C1(Cc2ccccc2C(F)(F)F)CCN(CCO)CC1. The van der Waals surface area contributed by atoms with Gasteiger partial charge in [-0.05, 0) is 50.9 Å². The quantitative estimate of drug-likeness (QED) is 0.794. The molecule has 0 bridgehead atoms. The zero-order valence-electron chi connectivity index (χ0n) is 14.3. The largest absolute Gasteiger partial charge is 0.466 e. The first-order valence-electron chi connectivity index (χ1n) is 8.48. The maximum Gasteiger partial charge on any atom is 0.416 e. The molecule has 1 N–H and O–H groups in total. The van der Waals surface area contributed by atoms with Crippen molar-refractivity contribution >= 4 is 5.97 Å². The third kappa shape index (κ3) is 4.73. The number of alkyl halides is 3. The van der Waals surface area contributed by atoms with Crippen LogP contribution in [0.3, 0.4) is 0 Å². The Morgan fingerprint density at radius 3 is 2.48 bits per heavy atom. The van der Waals surface area contributed by atoms with Crippen LogP contribution in [0.15, 0.2) is 24.3 Å². The number of β-amino-alcohol motifs (C(OH)–C–C–N with tert-alkyl or cyclic N) is 1. The van der Waals surface area contributed by atoms with E-state index in [0.29, 0.717) is 32.5 Å². The van der Waals surface area contributed by atoms with E-state index in [-0.39, 0.29) is 25.2 Å². The zero-order valence-corrected chi connectivity index (χ0v) is 14.3. The van der Waals surface area contributed by atoms with Crippen molar-refractivity contribution in [1.82, 2.24) is 4.90 Å². The van der Waals surface area contributed by atoms with E-state index in [1.165, 1.54) is 12.1 Å². The van der Waals surface area contributed by atoms with Crippen LogP contribution in [0.2, 0.25) is 0 Å². The van der Waals surface area contributed by atoms with Crippen molar-refractivity contribution < 1.29 is 27.8 Å². The van der Waals surface area contributed by atoms with Crippen LogP contribution in [0, 0.1) is 5.41 Å². The number of likely N-dealkylation sites (tertiary alicyclic amines) is 1. The first kappa shape index (κ1) is 19.7. The summed E-state index contributed by atoms with van der Waals surface area (Å²) in [6.45, 7) is 3.50. The van der Waals surface area contributed by atoms with Gasteiger partial charge in [0.15, 0.2) is 0 Å². The maximum absolute atomic E-state index is 13.3. The minimum Gasteiger partial charge on any atom is -0.466 e. The fraction of sp³-hybridized carbons (Fsp3) is 0.611. The molecule has 1 aromatic rings. The Balaban J connectivity index is 2.28. The summed E-state index contributed by atoms with van der Waals surface area (Å²) in [5.74, 6) is -0.435. The van der Waals surface area contributed by atoms with Gasteiger partial charge in [-0.3, -0.25) is 4.79 Å². The average Bonchev–Trinajstić information content (AvgIpc) is 2.57. The van der Waals surface area contributed by atoms with Crippen LogP contribution in [-0.2, 0) is 22.1 Å². The summed E-state index contributed by atoms with van der Waals surface area (Å²) in [5, 5.41) is 9.04. The topological polar surface area (TPSA) is 49.8 Å². The van der Waals surface area contributed by atoms with Gasteiger partial charge >= 0.3 is 12.1 Å². The Morgan fingerprint density at radius 2 is 1.92 bits per heavy atom. The predicted octanol–water partition coefficient (Wildman–Crippen LogP) is 2.89. The van der Waals surface area contributed by atoms with E-state index in [0.717, 1.165) is 6.07 Å². The van der Waals surface area contributed by atoms with E-state index in [1.807, 2.05) is 4.90 Å². The molecule has 1 saturated heterocycles. The number of aliphatic hydroxyl groups excluding tert-OH is 1. The van der Waals surface area contributed by atoms with Crippen molar-refractivity contribution in [3.05, 3.63) is 35.4 Å². The monoisotopic (exact) mass is 359 g/mol. The Hall–Kier alpha value is -1.60. The molecule has 0 atom stereocenters. The van der Waals surface area contributed by atoms with Crippen LogP contribution in [0.5, 0.6) is 0 Å². The Labute approximate surface area is 145 Å². The number of benzene rings is 1. The van der Waals surface area contributed by atoms with E-state index >= 15 is 0 Å². The third-order valence-electron chi connectivity index (χ3n) is 4.79. The number of esters is 1. The van der Waals surface area contributed by atoms with E-state index in [4.69, 9.17) is 9.84 Å². The highest BCUT2D eigenvalue weighted by atomic mass is 19.4. The molecule has 0 spiro atoms. The molecule has 2 rings (SSSR count). The van der Waals surface area contributed by atoms with Crippen LogP contribution in [0.4, 0.5) is 13.2 Å². The number of carbonyl (C=O) groups is 1. The molecule has 1 aliphatic rings. The fourth-order valence-electron chi connectivity index (χ4n) is 3.40. The number of carbonyl (C=O) groups excluding carboxylic acids is 1. The molecule has 1 heterocycles. The van der Waals surface area contributed by atoms with Crippen LogP contribution < -0.4 is 0 Å². The minimum absolute atomic E-state index is 0.00841. The average molecular weight is 359 g/mol. The number of halogens is 3. The van der Waals surface area contributed by atoms with Gasteiger partial charge in [0.2, 0.25) is 0 Å². The number of rotatable bonds is 6. The van der Waals surface area contributed by atoms with E-state index in [2.05, 4.69) is 0 Å². The second-order valence-electron chi connectivity index (χ2n) is 6.40. The van der Waals surface area contributed by atoms with Gasteiger partial charge in [-0.2, -0.15) is 13.2 Å². The molecule has 7 heteroatoms. The van der Waals surface area contributed by atoms with Gasteiger partial charge in [0.1, 0.15) is 0 Å². The van der Waals surface area contributed by atoms with Crippen LogP contribution >= 0.6 is 0 Å². The van der Waals surface area contributed by atoms with E-state index in [9.17, 15) is 18.0 Å². The molecular formula is C18H24F3NO3. The standard InChI is InChI=1S/C18H24F3NO3/c1-2-25-16(24)17(7-9-22(10-8-17)11-12-23)13-14-5-3-4-6-15(14)18(19,20)21/h3-6,23H,2,7-13H2,1H3. The molecule has 140 valence electrons. The zero-order chi connectivity index (χ0) is 18.5. The molecule has 0 unspecified atom stereocenters. The number of aliphatic hydroxyl groups is 1. The lowest BCUT2D eigenvalue weighted by atomic mass is 9.73. The van der Waals surface area contributed by atoms with Crippen LogP contribution in [0.1, 0.15) is 30.9 Å². The highest BCUT2D eigenvalue weighted by molar-refractivity contribution is 5.77. The Bertz CT molecular complexity index is 581. The number of hydrogen-bond donors (Lipinski definition) is 1. The molecule has 0 saturated carbocycles. The summed E-state index contributed by atoms with van der Waals surface area (Å²) in [6.07, 6.45) is -3.62. The molecular weight excluding hydrogens is 335 g/mol. The lowest BCUT2D eigenvalue weighted by Crippen LogP contribution is -2.47. The third-order valence-corrected chi connectivity index (χ3v) is 4.79. The van der Waals surface area contributed by atoms with Crippen molar-refractivity contribution in [3.63, 3.8) is 0 Å². The van der Waals surface area contributed by atoms with Gasteiger partial charge < -0.3 is 14.7 Å². The highest BCUT2D eigenvalue weighted by Gasteiger charge is 2.44. The summed E-state index contributed by atoms with van der Waals surface area (Å²) in [6, 6.07) is 5.40. The summed E-state index contributed by atoms with van der Waals surface area (Å²) >= 11 is 0. The van der Waals surface area contributed by atoms with Gasteiger partial charge in [0, 0.05) is 6.54 Å². The molecule has 1 fully saturated rings. The highest BCUT2D eigenvalue weighted by Crippen LogP contribution is 2.40. The molecule has 0 aliphatic carbocycles. The second-order valence-corrected chi connectivity index (χ2v) is 6.40. The van der Waals surface area contributed by atoms with E-state index < -0.39 is 23.1 Å². The molecule has 0 aromatic heterocycles. The smallest absolute Gasteiger partial charge is 0.416 e.